The second kappa shape index (κ2) is 7.38. The summed E-state index contributed by atoms with van der Waals surface area (Å²) >= 11 is 5.46. The van der Waals surface area contributed by atoms with Crippen molar-refractivity contribution < 1.29 is 4.74 Å². The number of nitrogens with zero attached hydrogens (tertiary/aromatic N) is 2. The van der Waals surface area contributed by atoms with Crippen molar-refractivity contribution in [3.63, 3.8) is 0 Å². The van der Waals surface area contributed by atoms with Crippen LogP contribution < -0.4 is 10.1 Å². The standard InChI is InChI=1S/C14H21N3OS/c1-2-12(18-14-15-9-6-10-16-14)13(19)17-11-7-4-3-5-8-11/h6,9-12H,2-5,7-8H2,1H3,(H,17,19). The van der Waals surface area contributed by atoms with Crippen LogP contribution in [-0.2, 0) is 0 Å². The van der Waals surface area contributed by atoms with Crippen molar-refractivity contribution in [1.82, 2.24) is 15.3 Å². The van der Waals surface area contributed by atoms with Crippen LogP contribution in [0.25, 0.3) is 0 Å². The number of thiocarbonyl (C=S) groups is 1. The molecule has 1 fully saturated rings. The molecule has 1 aromatic rings. The van der Waals surface area contributed by atoms with E-state index >= 15 is 0 Å². The summed E-state index contributed by atoms with van der Waals surface area (Å²) in [5.74, 6) is 0. The highest BCUT2D eigenvalue weighted by Crippen LogP contribution is 2.18. The Morgan fingerprint density at radius 1 is 1.37 bits per heavy atom. The lowest BCUT2D eigenvalue weighted by molar-refractivity contribution is 0.237. The largest absolute Gasteiger partial charge is 0.453 e. The Morgan fingerprint density at radius 3 is 2.68 bits per heavy atom. The van der Waals surface area contributed by atoms with Gasteiger partial charge in [-0.2, -0.15) is 0 Å². The topological polar surface area (TPSA) is 47.0 Å². The first-order valence-electron chi connectivity index (χ1n) is 7.03. The lowest BCUT2D eigenvalue weighted by atomic mass is 9.95. The van der Waals surface area contributed by atoms with E-state index in [-0.39, 0.29) is 6.10 Å². The van der Waals surface area contributed by atoms with Crippen LogP contribution in [0.2, 0.25) is 0 Å². The van der Waals surface area contributed by atoms with E-state index in [1.54, 1.807) is 18.5 Å². The van der Waals surface area contributed by atoms with E-state index in [2.05, 4.69) is 22.2 Å². The number of ether oxygens (including phenoxy) is 1. The van der Waals surface area contributed by atoms with E-state index in [0.29, 0.717) is 12.1 Å². The molecule has 1 atom stereocenters. The monoisotopic (exact) mass is 279 g/mol. The minimum atomic E-state index is -0.140. The van der Waals surface area contributed by atoms with Crippen LogP contribution in [0.5, 0.6) is 6.01 Å². The normalized spacial score (nSPS) is 17.7. The molecule has 1 unspecified atom stereocenters. The van der Waals surface area contributed by atoms with E-state index in [0.717, 1.165) is 11.4 Å². The molecular weight excluding hydrogens is 258 g/mol. The van der Waals surface area contributed by atoms with E-state index in [1.165, 1.54) is 32.1 Å². The SMILES string of the molecule is CCC(Oc1ncccn1)C(=S)NC1CCCCC1. The second-order valence-corrected chi connectivity index (χ2v) is 5.33. The molecular formula is C14H21N3OS. The van der Waals surface area contributed by atoms with Gasteiger partial charge in [-0.15, -0.1) is 0 Å². The van der Waals surface area contributed by atoms with Crippen LogP contribution in [0.3, 0.4) is 0 Å². The van der Waals surface area contributed by atoms with Gasteiger partial charge in [-0.3, -0.25) is 0 Å². The van der Waals surface area contributed by atoms with Crippen LogP contribution in [-0.4, -0.2) is 27.1 Å². The maximum absolute atomic E-state index is 5.74. The van der Waals surface area contributed by atoms with Gasteiger partial charge in [0, 0.05) is 18.4 Å². The number of aromatic nitrogens is 2. The first kappa shape index (κ1) is 14.2. The summed E-state index contributed by atoms with van der Waals surface area (Å²) in [5.41, 5.74) is 0. The van der Waals surface area contributed by atoms with E-state index in [9.17, 15) is 0 Å². The van der Waals surface area contributed by atoms with Gasteiger partial charge >= 0.3 is 6.01 Å². The van der Waals surface area contributed by atoms with Gasteiger partial charge in [-0.25, -0.2) is 9.97 Å². The highest BCUT2D eigenvalue weighted by Gasteiger charge is 2.20. The predicted molar refractivity (Wildman–Crippen MR) is 79.3 cm³/mol. The molecule has 0 bridgehead atoms. The van der Waals surface area contributed by atoms with Gasteiger partial charge in [-0.05, 0) is 25.3 Å². The molecule has 0 saturated heterocycles. The first-order valence-corrected chi connectivity index (χ1v) is 7.44. The highest BCUT2D eigenvalue weighted by molar-refractivity contribution is 7.80. The lowest BCUT2D eigenvalue weighted by Gasteiger charge is -2.27. The van der Waals surface area contributed by atoms with Crippen molar-refractivity contribution in [2.75, 3.05) is 0 Å². The Bertz CT molecular complexity index is 393. The third-order valence-corrected chi connectivity index (χ3v) is 3.79. The molecule has 4 nitrogen and oxygen atoms in total. The fraction of sp³-hybridized carbons (Fsp3) is 0.643. The molecule has 0 aliphatic heterocycles. The Balaban J connectivity index is 1.87. The molecule has 104 valence electrons. The first-order chi connectivity index (χ1) is 9.29. The van der Waals surface area contributed by atoms with Crippen LogP contribution >= 0.6 is 12.2 Å². The van der Waals surface area contributed by atoms with Crippen molar-refractivity contribution in [2.45, 2.75) is 57.6 Å². The second-order valence-electron chi connectivity index (χ2n) is 4.89. The maximum Gasteiger partial charge on any atom is 0.316 e. The zero-order valence-corrected chi connectivity index (χ0v) is 12.2. The number of hydrogen-bond acceptors (Lipinski definition) is 4. The number of hydrogen-bond donors (Lipinski definition) is 1. The third kappa shape index (κ3) is 4.42. The van der Waals surface area contributed by atoms with Gasteiger partial charge in [0.15, 0.2) is 6.10 Å². The van der Waals surface area contributed by atoms with Gasteiger partial charge in [0.2, 0.25) is 0 Å². The van der Waals surface area contributed by atoms with Gasteiger partial charge in [0.05, 0.1) is 0 Å². The quantitative estimate of drug-likeness (QED) is 0.840. The summed E-state index contributed by atoms with van der Waals surface area (Å²) in [4.78, 5) is 8.93. The molecule has 1 aliphatic rings. The number of rotatable bonds is 5. The molecule has 5 heteroatoms. The van der Waals surface area contributed by atoms with Crippen molar-refractivity contribution in [2.24, 2.45) is 0 Å². The molecule has 1 aliphatic carbocycles. The van der Waals surface area contributed by atoms with E-state index < -0.39 is 0 Å². The highest BCUT2D eigenvalue weighted by atomic mass is 32.1. The minimum absolute atomic E-state index is 0.140. The van der Waals surface area contributed by atoms with E-state index in [1.807, 2.05) is 0 Å². The van der Waals surface area contributed by atoms with Crippen LogP contribution in [0.1, 0.15) is 45.4 Å². The molecule has 1 saturated carbocycles. The summed E-state index contributed by atoms with van der Waals surface area (Å²) in [7, 11) is 0. The average Bonchev–Trinajstić information content (AvgIpc) is 2.47. The van der Waals surface area contributed by atoms with E-state index in [4.69, 9.17) is 17.0 Å². The molecule has 1 aromatic heterocycles. The zero-order chi connectivity index (χ0) is 13.5. The van der Waals surface area contributed by atoms with Gasteiger partial charge < -0.3 is 10.1 Å². The van der Waals surface area contributed by atoms with Crippen LogP contribution in [0.15, 0.2) is 18.5 Å². The van der Waals surface area contributed by atoms with Crippen molar-refractivity contribution in [1.29, 1.82) is 0 Å². The Hall–Kier alpha value is -1.23. The van der Waals surface area contributed by atoms with Crippen molar-refractivity contribution in [3.05, 3.63) is 18.5 Å². The molecule has 0 aromatic carbocycles. The Labute approximate surface area is 120 Å². The molecule has 1 heterocycles. The lowest BCUT2D eigenvalue weighted by Crippen LogP contribution is -2.43. The van der Waals surface area contributed by atoms with Crippen molar-refractivity contribution >= 4 is 17.2 Å². The predicted octanol–water partition coefficient (Wildman–Crippen LogP) is 2.88. The summed E-state index contributed by atoms with van der Waals surface area (Å²) in [6.45, 7) is 2.06. The molecule has 0 spiro atoms. The fourth-order valence-electron chi connectivity index (χ4n) is 2.34. The zero-order valence-electron chi connectivity index (χ0n) is 11.3. The summed E-state index contributed by atoms with van der Waals surface area (Å²) in [5, 5.41) is 3.44. The maximum atomic E-state index is 5.74. The Morgan fingerprint density at radius 2 is 2.05 bits per heavy atom. The molecule has 19 heavy (non-hydrogen) atoms. The van der Waals surface area contributed by atoms with Gasteiger partial charge in [-0.1, -0.05) is 38.4 Å². The van der Waals surface area contributed by atoms with Crippen molar-refractivity contribution in [3.8, 4) is 6.01 Å². The number of nitrogens with one attached hydrogen (secondary N) is 1. The smallest absolute Gasteiger partial charge is 0.316 e. The average molecular weight is 279 g/mol. The van der Waals surface area contributed by atoms with Gasteiger partial charge in [0.25, 0.3) is 0 Å². The van der Waals surface area contributed by atoms with Crippen LogP contribution in [0, 0.1) is 0 Å². The molecule has 1 N–H and O–H groups in total. The van der Waals surface area contributed by atoms with Crippen LogP contribution in [0.4, 0.5) is 0 Å². The Kier molecular flexibility index (Phi) is 5.51. The fourth-order valence-corrected chi connectivity index (χ4v) is 2.72. The molecule has 2 rings (SSSR count). The summed E-state index contributed by atoms with van der Waals surface area (Å²) < 4.78 is 5.74. The summed E-state index contributed by atoms with van der Waals surface area (Å²) in [6.07, 6.45) is 10.4. The minimum Gasteiger partial charge on any atom is -0.453 e. The molecule has 0 radical (unpaired) electrons. The summed E-state index contributed by atoms with van der Waals surface area (Å²) in [6, 6.07) is 2.67. The van der Waals surface area contributed by atoms with Gasteiger partial charge in [0.1, 0.15) is 4.99 Å². The molecule has 0 amide bonds. The third-order valence-electron chi connectivity index (χ3n) is 3.40.